The van der Waals surface area contributed by atoms with Crippen molar-refractivity contribution in [1.82, 2.24) is 10.2 Å². The van der Waals surface area contributed by atoms with E-state index in [2.05, 4.69) is 32.7 Å². The highest BCUT2D eigenvalue weighted by molar-refractivity contribution is 7.91. The molecule has 0 radical (unpaired) electrons. The van der Waals surface area contributed by atoms with Gasteiger partial charge in [0.25, 0.3) is 0 Å². The van der Waals surface area contributed by atoms with Crippen LogP contribution in [0.15, 0.2) is 22.5 Å². The topological polar surface area (TPSA) is 61.8 Å². The molecule has 0 aromatic carbocycles. The van der Waals surface area contributed by atoms with E-state index < -0.39 is 9.84 Å². The Balaban J connectivity index is 1.88. The van der Waals surface area contributed by atoms with E-state index in [1.807, 2.05) is 14.0 Å². The molecule has 22 heavy (non-hydrogen) atoms. The Labute approximate surface area is 137 Å². The van der Waals surface area contributed by atoms with Crippen LogP contribution in [0.4, 0.5) is 0 Å². The van der Waals surface area contributed by atoms with E-state index in [-0.39, 0.29) is 11.7 Å². The molecule has 1 atom stereocenters. The molecule has 1 aliphatic heterocycles. The Bertz CT molecular complexity index is 582. The Kier molecular flexibility index (Phi) is 6.26. The summed E-state index contributed by atoms with van der Waals surface area (Å²) in [6.07, 6.45) is 1.74. The van der Waals surface area contributed by atoms with E-state index in [1.165, 1.54) is 4.88 Å². The smallest absolute Gasteiger partial charge is 0.193 e. The van der Waals surface area contributed by atoms with Gasteiger partial charge in [-0.25, -0.2) is 8.42 Å². The highest BCUT2D eigenvalue weighted by Gasteiger charge is 2.27. The molecule has 0 spiro atoms. The van der Waals surface area contributed by atoms with Gasteiger partial charge in [-0.3, -0.25) is 4.99 Å². The molecule has 1 aromatic heterocycles. The first kappa shape index (κ1) is 17.3. The minimum atomic E-state index is -2.82. The molecule has 2 heterocycles. The molecule has 5 nitrogen and oxygen atoms in total. The van der Waals surface area contributed by atoms with E-state index in [4.69, 9.17) is 0 Å². The van der Waals surface area contributed by atoms with Crippen molar-refractivity contribution in [1.29, 1.82) is 0 Å². The number of hydrogen-bond acceptors (Lipinski definition) is 4. The van der Waals surface area contributed by atoms with Crippen molar-refractivity contribution >= 4 is 27.1 Å². The molecule has 1 aliphatic rings. The van der Waals surface area contributed by atoms with E-state index in [0.29, 0.717) is 12.3 Å². The van der Waals surface area contributed by atoms with Gasteiger partial charge in [0, 0.05) is 31.6 Å². The van der Waals surface area contributed by atoms with Gasteiger partial charge in [-0.15, -0.1) is 11.3 Å². The fraction of sp³-hybridized carbons (Fsp3) is 0.667. The molecule has 7 heteroatoms. The second kappa shape index (κ2) is 7.97. The summed E-state index contributed by atoms with van der Waals surface area (Å²) in [6, 6.07) is 4.21. The quantitative estimate of drug-likeness (QED) is 0.630. The number of rotatable bonds is 6. The maximum absolute atomic E-state index is 11.5. The lowest BCUT2D eigenvalue weighted by molar-refractivity contribution is 0.482. The molecule has 2 rings (SSSR count). The van der Waals surface area contributed by atoms with Gasteiger partial charge < -0.3 is 10.2 Å². The van der Waals surface area contributed by atoms with E-state index in [1.54, 1.807) is 11.3 Å². The minimum Gasteiger partial charge on any atom is -0.357 e. The fourth-order valence-electron chi connectivity index (χ4n) is 2.54. The van der Waals surface area contributed by atoms with Gasteiger partial charge in [-0.1, -0.05) is 6.07 Å². The number of likely N-dealkylation sites (N-methyl/N-ethyl adjacent to an activating group) is 1. The predicted octanol–water partition coefficient (Wildman–Crippen LogP) is 1.62. The van der Waals surface area contributed by atoms with Crippen molar-refractivity contribution in [3.63, 3.8) is 0 Å². The molecule has 0 amide bonds. The van der Waals surface area contributed by atoms with Crippen LogP contribution in [0.5, 0.6) is 0 Å². The van der Waals surface area contributed by atoms with Gasteiger partial charge in [0.1, 0.15) is 0 Å². The third-order valence-electron chi connectivity index (χ3n) is 3.80. The molecule has 1 aromatic rings. The first-order chi connectivity index (χ1) is 10.5. The Morgan fingerprint density at radius 2 is 2.36 bits per heavy atom. The second-order valence-electron chi connectivity index (χ2n) is 5.71. The average molecular weight is 344 g/mol. The predicted molar refractivity (Wildman–Crippen MR) is 93.4 cm³/mol. The van der Waals surface area contributed by atoms with Crippen LogP contribution in [-0.4, -0.2) is 57.5 Å². The van der Waals surface area contributed by atoms with Crippen LogP contribution in [0, 0.1) is 5.92 Å². The number of thiophene rings is 1. The molecule has 124 valence electrons. The zero-order valence-corrected chi connectivity index (χ0v) is 14.9. The van der Waals surface area contributed by atoms with Crippen LogP contribution in [0.2, 0.25) is 0 Å². The van der Waals surface area contributed by atoms with Crippen molar-refractivity contribution in [3.8, 4) is 0 Å². The third kappa shape index (κ3) is 5.28. The van der Waals surface area contributed by atoms with Gasteiger partial charge in [0.05, 0.1) is 11.5 Å². The highest BCUT2D eigenvalue weighted by Crippen LogP contribution is 2.18. The lowest BCUT2D eigenvalue weighted by Gasteiger charge is -2.22. The summed E-state index contributed by atoms with van der Waals surface area (Å²) in [7, 11) is -0.789. The summed E-state index contributed by atoms with van der Waals surface area (Å²) in [4.78, 5) is 8.11. The first-order valence-corrected chi connectivity index (χ1v) is 10.4. The van der Waals surface area contributed by atoms with Crippen LogP contribution < -0.4 is 5.32 Å². The SMILES string of the molecule is CCNC(=NCC1CCS(=O)(=O)C1)N(C)CCc1cccs1. The summed E-state index contributed by atoms with van der Waals surface area (Å²) in [5.41, 5.74) is 0. The maximum atomic E-state index is 11.5. The fourth-order valence-corrected chi connectivity index (χ4v) is 5.09. The van der Waals surface area contributed by atoms with E-state index >= 15 is 0 Å². The van der Waals surface area contributed by atoms with Gasteiger partial charge in [0.15, 0.2) is 15.8 Å². The number of nitrogens with zero attached hydrogens (tertiary/aromatic N) is 2. The first-order valence-electron chi connectivity index (χ1n) is 7.72. The largest absolute Gasteiger partial charge is 0.357 e. The Morgan fingerprint density at radius 3 is 2.95 bits per heavy atom. The molecule has 1 N–H and O–H groups in total. The minimum absolute atomic E-state index is 0.171. The summed E-state index contributed by atoms with van der Waals surface area (Å²) < 4.78 is 23.0. The number of guanidine groups is 1. The molecule has 1 saturated heterocycles. The van der Waals surface area contributed by atoms with Crippen LogP contribution in [-0.2, 0) is 16.3 Å². The molecule has 0 saturated carbocycles. The number of hydrogen-bond donors (Lipinski definition) is 1. The second-order valence-corrected chi connectivity index (χ2v) is 8.98. The monoisotopic (exact) mass is 343 g/mol. The van der Waals surface area contributed by atoms with Gasteiger partial charge in [0.2, 0.25) is 0 Å². The van der Waals surface area contributed by atoms with Crippen LogP contribution in [0.25, 0.3) is 0 Å². The Hall–Kier alpha value is -1.08. The standard InChI is InChI=1S/C15H25N3O2S2/c1-3-16-15(17-11-13-7-10-22(19,20)12-13)18(2)8-6-14-5-4-9-21-14/h4-5,9,13H,3,6-8,10-12H2,1-2H3,(H,16,17). The lowest BCUT2D eigenvalue weighted by atomic mass is 10.1. The van der Waals surface area contributed by atoms with Crippen LogP contribution in [0.1, 0.15) is 18.2 Å². The average Bonchev–Trinajstić information content (AvgIpc) is 3.10. The Morgan fingerprint density at radius 1 is 1.55 bits per heavy atom. The molecule has 1 fully saturated rings. The number of sulfone groups is 1. The van der Waals surface area contributed by atoms with Gasteiger partial charge in [-0.2, -0.15) is 0 Å². The molecular formula is C15H25N3O2S2. The molecular weight excluding hydrogens is 318 g/mol. The molecule has 0 bridgehead atoms. The van der Waals surface area contributed by atoms with Crippen molar-refractivity contribution in [2.24, 2.45) is 10.9 Å². The summed E-state index contributed by atoms with van der Waals surface area (Å²) in [6.45, 7) is 4.34. The van der Waals surface area contributed by atoms with Crippen molar-refractivity contribution in [2.75, 3.05) is 38.2 Å². The van der Waals surface area contributed by atoms with Crippen molar-refractivity contribution in [2.45, 2.75) is 19.8 Å². The summed E-state index contributed by atoms with van der Waals surface area (Å²) in [5.74, 6) is 1.64. The van der Waals surface area contributed by atoms with E-state index in [9.17, 15) is 8.42 Å². The zero-order chi connectivity index (χ0) is 16.0. The number of nitrogens with one attached hydrogen (secondary N) is 1. The van der Waals surface area contributed by atoms with Gasteiger partial charge >= 0.3 is 0 Å². The maximum Gasteiger partial charge on any atom is 0.193 e. The number of aliphatic imine (C=N–C) groups is 1. The van der Waals surface area contributed by atoms with Gasteiger partial charge in [-0.05, 0) is 37.1 Å². The highest BCUT2D eigenvalue weighted by atomic mass is 32.2. The van der Waals surface area contributed by atoms with E-state index in [0.717, 1.165) is 31.9 Å². The molecule has 0 aliphatic carbocycles. The van der Waals surface area contributed by atoms with Crippen LogP contribution >= 0.6 is 11.3 Å². The zero-order valence-electron chi connectivity index (χ0n) is 13.3. The third-order valence-corrected chi connectivity index (χ3v) is 6.57. The lowest BCUT2D eigenvalue weighted by Crippen LogP contribution is -2.40. The van der Waals surface area contributed by atoms with Crippen LogP contribution in [0.3, 0.4) is 0 Å². The van der Waals surface area contributed by atoms with Crippen molar-refractivity contribution in [3.05, 3.63) is 22.4 Å². The summed E-state index contributed by atoms with van der Waals surface area (Å²) >= 11 is 1.77. The molecule has 1 unspecified atom stereocenters. The summed E-state index contributed by atoms with van der Waals surface area (Å²) in [5, 5.41) is 5.38. The normalized spacial score (nSPS) is 21.0. The van der Waals surface area contributed by atoms with Crippen molar-refractivity contribution < 1.29 is 8.42 Å².